The topological polar surface area (TPSA) is 109 Å². The van der Waals surface area contributed by atoms with Crippen LogP contribution in [0.5, 0.6) is 0 Å². The van der Waals surface area contributed by atoms with E-state index in [0.29, 0.717) is 6.07 Å². The van der Waals surface area contributed by atoms with Gasteiger partial charge in [0.2, 0.25) is 11.8 Å². The molecule has 0 aromatic heterocycles. The molecule has 4 rings (SSSR count). The second kappa shape index (κ2) is 6.43. The second-order valence-electron chi connectivity index (χ2n) is 8.30. The molecule has 3 amide bonds. The number of imide groups is 1. The molecule has 3 aliphatic heterocycles. The zero-order valence-corrected chi connectivity index (χ0v) is 16.7. The number of ether oxygens (including phenoxy) is 2. The van der Waals surface area contributed by atoms with Crippen LogP contribution in [0, 0.1) is 23.2 Å². The summed E-state index contributed by atoms with van der Waals surface area (Å²) in [5.74, 6) is -3.29. The third kappa shape index (κ3) is 2.81. The average molecular weight is 437 g/mol. The first-order chi connectivity index (χ1) is 14.4. The Morgan fingerprint density at radius 2 is 1.94 bits per heavy atom. The fourth-order valence-electron chi connectivity index (χ4n) is 5.21. The van der Waals surface area contributed by atoms with Gasteiger partial charge in [-0.15, -0.1) is 0 Å². The van der Waals surface area contributed by atoms with E-state index in [0.717, 1.165) is 17.0 Å². The van der Waals surface area contributed by atoms with Crippen LogP contribution in [0.25, 0.3) is 0 Å². The third-order valence-electron chi connectivity index (χ3n) is 6.50. The Balaban J connectivity index is 1.75. The van der Waals surface area contributed by atoms with Crippen molar-refractivity contribution in [1.82, 2.24) is 5.32 Å². The Morgan fingerprint density at radius 1 is 1.29 bits per heavy atom. The van der Waals surface area contributed by atoms with Crippen LogP contribution in [0.2, 0.25) is 0 Å². The molecule has 0 radical (unpaired) electrons. The number of hydrogen-bond acceptors (Lipinski definition) is 6. The number of alkyl carbamates (subject to hydrolysis) is 1. The molecular formula is C20H18F3N3O5. The van der Waals surface area contributed by atoms with Crippen molar-refractivity contribution < 1.29 is 37.0 Å². The van der Waals surface area contributed by atoms with E-state index in [1.54, 1.807) is 13.8 Å². The number of halogens is 3. The van der Waals surface area contributed by atoms with E-state index in [-0.39, 0.29) is 12.1 Å². The summed E-state index contributed by atoms with van der Waals surface area (Å²) >= 11 is 0. The summed E-state index contributed by atoms with van der Waals surface area (Å²) in [6.07, 6.45) is -5.33. The Bertz CT molecular complexity index is 1050. The molecule has 2 bridgehead atoms. The van der Waals surface area contributed by atoms with Crippen LogP contribution < -0.4 is 10.2 Å². The van der Waals surface area contributed by atoms with Gasteiger partial charge in [-0.3, -0.25) is 9.59 Å². The van der Waals surface area contributed by atoms with Gasteiger partial charge in [0, 0.05) is 6.42 Å². The van der Waals surface area contributed by atoms with Crippen LogP contribution in [0.1, 0.15) is 31.4 Å². The number of rotatable bonds is 2. The van der Waals surface area contributed by atoms with Crippen molar-refractivity contribution in [3.05, 3.63) is 29.3 Å². The zero-order valence-electron chi connectivity index (χ0n) is 16.7. The highest BCUT2D eigenvalue weighted by molar-refractivity contribution is 6.23. The Labute approximate surface area is 174 Å². The van der Waals surface area contributed by atoms with Crippen LogP contribution >= 0.6 is 0 Å². The number of carbonyl (C=O) groups is 3. The van der Waals surface area contributed by atoms with E-state index in [1.165, 1.54) is 13.2 Å². The zero-order chi connectivity index (χ0) is 22.9. The molecule has 5 unspecified atom stereocenters. The number of fused-ring (bicyclic) bond motifs is 5. The normalized spacial score (nSPS) is 34.0. The van der Waals surface area contributed by atoms with Crippen LogP contribution in [-0.2, 0) is 25.2 Å². The Morgan fingerprint density at radius 3 is 2.52 bits per heavy atom. The summed E-state index contributed by atoms with van der Waals surface area (Å²) in [4.78, 5) is 38.9. The number of anilines is 1. The molecule has 0 aliphatic carbocycles. The number of nitrogens with one attached hydrogen (secondary N) is 1. The van der Waals surface area contributed by atoms with Crippen LogP contribution in [-0.4, -0.2) is 42.3 Å². The number of hydrogen-bond donors (Lipinski definition) is 1. The minimum absolute atomic E-state index is 0.230. The number of benzene rings is 1. The maximum atomic E-state index is 13.4. The summed E-state index contributed by atoms with van der Waals surface area (Å²) in [6, 6.07) is 3.54. The van der Waals surface area contributed by atoms with Crippen molar-refractivity contribution >= 4 is 23.6 Å². The van der Waals surface area contributed by atoms with Crippen LogP contribution in [0.15, 0.2) is 18.2 Å². The van der Waals surface area contributed by atoms with Crippen LogP contribution in [0.4, 0.5) is 23.7 Å². The van der Waals surface area contributed by atoms with Crippen molar-refractivity contribution in [1.29, 1.82) is 5.26 Å². The Kier molecular flexibility index (Phi) is 4.38. The lowest BCUT2D eigenvalue weighted by molar-refractivity contribution is -0.138. The highest BCUT2D eigenvalue weighted by Crippen LogP contribution is 2.61. The maximum absolute atomic E-state index is 13.4. The summed E-state index contributed by atoms with van der Waals surface area (Å²) in [5, 5.41) is 11.6. The standard InChI is InChI=1S/C20H18F3N3O5/c1-18-7-12(25-17(29)30-3)19(2,31-18)14-13(18)15(27)26(16(14)28)10-5-4-9(8-24)11(6-10)20(21,22)23/h4-6,12-14H,7H2,1-3H3,(H,25,29). The van der Waals surface area contributed by atoms with E-state index >= 15 is 0 Å². The number of carbonyl (C=O) groups excluding carboxylic acids is 3. The van der Waals surface area contributed by atoms with Gasteiger partial charge in [0.25, 0.3) is 0 Å². The monoisotopic (exact) mass is 437 g/mol. The first-order valence-electron chi connectivity index (χ1n) is 9.41. The molecule has 3 heterocycles. The minimum atomic E-state index is -4.83. The summed E-state index contributed by atoms with van der Waals surface area (Å²) < 4.78 is 50.8. The lowest BCUT2D eigenvalue weighted by Crippen LogP contribution is -2.56. The van der Waals surface area contributed by atoms with Crippen molar-refractivity contribution in [3.63, 3.8) is 0 Å². The molecule has 0 saturated carbocycles. The predicted octanol–water partition coefficient (Wildman–Crippen LogP) is 2.36. The molecule has 3 saturated heterocycles. The molecule has 1 N–H and O–H groups in total. The molecule has 1 aromatic carbocycles. The Hall–Kier alpha value is -3.13. The van der Waals surface area contributed by atoms with Gasteiger partial charge < -0.3 is 14.8 Å². The summed E-state index contributed by atoms with van der Waals surface area (Å²) in [6.45, 7) is 3.24. The van der Waals surface area contributed by atoms with E-state index < -0.39 is 64.3 Å². The molecule has 164 valence electrons. The van der Waals surface area contributed by atoms with Crippen molar-refractivity contribution in [2.24, 2.45) is 11.8 Å². The molecule has 11 heteroatoms. The quantitative estimate of drug-likeness (QED) is 0.712. The van der Waals surface area contributed by atoms with Gasteiger partial charge in [0.05, 0.1) is 59.1 Å². The third-order valence-corrected chi connectivity index (χ3v) is 6.50. The van der Waals surface area contributed by atoms with Gasteiger partial charge in [0.15, 0.2) is 0 Å². The number of methoxy groups -OCH3 is 1. The largest absolute Gasteiger partial charge is 0.453 e. The van der Waals surface area contributed by atoms with E-state index in [2.05, 4.69) is 10.1 Å². The molecule has 31 heavy (non-hydrogen) atoms. The molecule has 1 aromatic rings. The molecular weight excluding hydrogens is 419 g/mol. The second-order valence-corrected chi connectivity index (χ2v) is 8.30. The van der Waals surface area contributed by atoms with Crippen LogP contribution in [0.3, 0.4) is 0 Å². The lowest BCUT2D eigenvalue weighted by atomic mass is 9.66. The molecule has 3 fully saturated rings. The van der Waals surface area contributed by atoms with E-state index in [1.807, 2.05) is 0 Å². The van der Waals surface area contributed by atoms with Gasteiger partial charge >= 0.3 is 12.3 Å². The van der Waals surface area contributed by atoms with Crippen molar-refractivity contribution in [3.8, 4) is 6.07 Å². The van der Waals surface area contributed by atoms with Gasteiger partial charge in [-0.05, 0) is 32.0 Å². The van der Waals surface area contributed by atoms with Gasteiger partial charge in [-0.1, -0.05) is 0 Å². The van der Waals surface area contributed by atoms with E-state index in [4.69, 9.17) is 10.00 Å². The lowest BCUT2D eigenvalue weighted by Gasteiger charge is -2.35. The molecule has 8 nitrogen and oxygen atoms in total. The van der Waals surface area contributed by atoms with E-state index in [9.17, 15) is 27.6 Å². The summed E-state index contributed by atoms with van der Waals surface area (Å²) in [7, 11) is 1.19. The first-order valence-corrected chi connectivity index (χ1v) is 9.41. The highest BCUT2D eigenvalue weighted by atomic mass is 19.4. The van der Waals surface area contributed by atoms with Gasteiger partial charge in [-0.25, -0.2) is 9.69 Å². The molecule has 5 atom stereocenters. The maximum Gasteiger partial charge on any atom is 0.417 e. The van der Waals surface area contributed by atoms with Crippen molar-refractivity contribution in [2.75, 3.05) is 12.0 Å². The first kappa shape index (κ1) is 21.1. The summed E-state index contributed by atoms with van der Waals surface area (Å²) in [5.41, 5.74) is -4.44. The highest BCUT2D eigenvalue weighted by Gasteiger charge is 2.76. The predicted molar refractivity (Wildman–Crippen MR) is 97.5 cm³/mol. The molecule has 0 spiro atoms. The SMILES string of the molecule is COC(=O)NC1CC2(C)OC1(C)C1C(=O)N(c3ccc(C#N)c(C(F)(F)F)c3)C(=O)C12. The number of alkyl halides is 3. The number of nitrogens with zero attached hydrogens (tertiary/aromatic N) is 2. The smallest absolute Gasteiger partial charge is 0.417 e. The number of amides is 3. The van der Waals surface area contributed by atoms with Crippen molar-refractivity contribution in [2.45, 2.75) is 43.7 Å². The minimum Gasteiger partial charge on any atom is -0.453 e. The number of nitriles is 1. The fourth-order valence-corrected chi connectivity index (χ4v) is 5.21. The average Bonchev–Trinajstić information content (AvgIpc) is 3.21. The fraction of sp³-hybridized carbons (Fsp3) is 0.500. The van der Waals surface area contributed by atoms with Gasteiger partial charge in [0.1, 0.15) is 0 Å². The molecule has 3 aliphatic rings. The van der Waals surface area contributed by atoms with Gasteiger partial charge in [-0.2, -0.15) is 18.4 Å².